The van der Waals surface area contributed by atoms with Gasteiger partial charge in [0.05, 0.1) is 18.3 Å². The number of nitrogens with one attached hydrogen (secondary N) is 2. The van der Waals surface area contributed by atoms with Crippen molar-refractivity contribution in [3.8, 4) is 5.75 Å². The number of aryl methyl sites for hydroxylation is 1. The van der Waals surface area contributed by atoms with Crippen molar-refractivity contribution in [2.24, 2.45) is 7.05 Å². The Morgan fingerprint density at radius 2 is 2.12 bits per heavy atom. The zero-order chi connectivity index (χ0) is 17.7. The van der Waals surface area contributed by atoms with E-state index in [9.17, 15) is 9.18 Å². The van der Waals surface area contributed by atoms with Gasteiger partial charge in [-0.1, -0.05) is 6.07 Å². The Morgan fingerprint density at radius 1 is 1.38 bits per heavy atom. The van der Waals surface area contributed by atoms with Gasteiger partial charge >= 0.3 is 6.03 Å². The second-order valence-corrected chi connectivity index (χ2v) is 5.93. The van der Waals surface area contributed by atoms with Crippen LogP contribution in [0.3, 0.4) is 0 Å². The van der Waals surface area contributed by atoms with Crippen LogP contribution in [0.5, 0.6) is 5.75 Å². The van der Waals surface area contributed by atoms with E-state index >= 15 is 0 Å². The molecule has 0 aliphatic heterocycles. The van der Waals surface area contributed by atoms with Gasteiger partial charge in [0, 0.05) is 25.4 Å². The molecular formula is C17H23FN4O2. The summed E-state index contributed by atoms with van der Waals surface area (Å²) in [7, 11) is 1.82. The van der Waals surface area contributed by atoms with Crippen molar-refractivity contribution in [3.63, 3.8) is 0 Å². The van der Waals surface area contributed by atoms with E-state index in [2.05, 4.69) is 15.7 Å². The number of rotatable bonds is 6. The number of amides is 2. The molecule has 0 radical (unpaired) electrons. The van der Waals surface area contributed by atoms with E-state index in [1.54, 1.807) is 23.0 Å². The van der Waals surface area contributed by atoms with Crippen LogP contribution >= 0.6 is 0 Å². The highest BCUT2D eigenvalue weighted by molar-refractivity contribution is 5.74. The third kappa shape index (κ3) is 4.97. The molecular weight excluding hydrogens is 311 g/mol. The average Bonchev–Trinajstić information content (AvgIpc) is 2.94. The number of ether oxygens (including phenoxy) is 1. The number of urea groups is 1. The summed E-state index contributed by atoms with van der Waals surface area (Å²) in [6.45, 7) is 5.77. The largest absolute Gasteiger partial charge is 0.488 e. The number of halogens is 1. The summed E-state index contributed by atoms with van der Waals surface area (Å²) in [4.78, 5) is 11.9. The summed E-state index contributed by atoms with van der Waals surface area (Å²) in [6.07, 6.45) is 3.45. The molecule has 0 spiro atoms. The van der Waals surface area contributed by atoms with E-state index in [4.69, 9.17) is 4.74 Å². The Morgan fingerprint density at radius 3 is 2.71 bits per heavy atom. The van der Waals surface area contributed by atoms with Crippen LogP contribution in [0.25, 0.3) is 0 Å². The minimum Gasteiger partial charge on any atom is -0.488 e. The minimum atomic E-state index is -0.438. The highest BCUT2D eigenvalue weighted by Gasteiger charge is 2.11. The third-order valence-electron chi connectivity index (χ3n) is 3.38. The molecule has 0 saturated carbocycles. The van der Waals surface area contributed by atoms with E-state index in [0.29, 0.717) is 5.56 Å². The molecule has 2 N–H and O–H groups in total. The maximum absolute atomic E-state index is 13.9. The van der Waals surface area contributed by atoms with E-state index in [1.165, 1.54) is 6.07 Å². The van der Waals surface area contributed by atoms with E-state index < -0.39 is 5.82 Å². The van der Waals surface area contributed by atoms with Gasteiger partial charge < -0.3 is 15.4 Å². The number of benzene rings is 1. The number of hydrogen-bond donors (Lipinski definition) is 2. The summed E-state index contributed by atoms with van der Waals surface area (Å²) in [6, 6.07) is 4.17. The summed E-state index contributed by atoms with van der Waals surface area (Å²) in [5.74, 6) is -0.226. The monoisotopic (exact) mass is 334 g/mol. The minimum absolute atomic E-state index is 0.0942. The lowest BCUT2D eigenvalue weighted by Gasteiger charge is -2.14. The first-order valence-electron chi connectivity index (χ1n) is 7.83. The van der Waals surface area contributed by atoms with Crippen molar-refractivity contribution in [3.05, 3.63) is 47.5 Å². The molecule has 2 rings (SSSR count). The van der Waals surface area contributed by atoms with Crippen LogP contribution in [-0.2, 0) is 13.6 Å². The van der Waals surface area contributed by atoms with Crippen molar-refractivity contribution in [1.82, 2.24) is 20.4 Å². The average molecular weight is 334 g/mol. The van der Waals surface area contributed by atoms with Gasteiger partial charge in [0.2, 0.25) is 0 Å². The molecule has 1 unspecified atom stereocenters. The van der Waals surface area contributed by atoms with Gasteiger partial charge in [-0.05, 0) is 38.5 Å². The summed E-state index contributed by atoms with van der Waals surface area (Å²) < 4.78 is 20.9. The van der Waals surface area contributed by atoms with Crippen LogP contribution in [-0.4, -0.2) is 21.9 Å². The van der Waals surface area contributed by atoms with Gasteiger partial charge in [-0.2, -0.15) is 5.10 Å². The molecule has 1 aromatic heterocycles. The highest BCUT2D eigenvalue weighted by Crippen LogP contribution is 2.19. The van der Waals surface area contributed by atoms with Gasteiger partial charge in [-0.15, -0.1) is 0 Å². The van der Waals surface area contributed by atoms with Crippen molar-refractivity contribution < 1.29 is 13.9 Å². The van der Waals surface area contributed by atoms with Crippen LogP contribution < -0.4 is 15.4 Å². The molecule has 2 amide bonds. The number of aromatic nitrogens is 2. The number of hydrogen-bond acceptors (Lipinski definition) is 3. The molecule has 7 heteroatoms. The Kier molecular flexibility index (Phi) is 5.78. The van der Waals surface area contributed by atoms with Crippen LogP contribution in [0.15, 0.2) is 30.6 Å². The molecule has 1 heterocycles. The summed E-state index contributed by atoms with van der Waals surface area (Å²) >= 11 is 0. The quantitative estimate of drug-likeness (QED) is 0.853. The zero-order valence-electron chi connectivity index (χ0n) is 14.3. The van der Waals surface area contributed by atoms with Crippen molar-refractivity contribution in [1.29, 1.82) is 0 Å². The fourth-order valence-corrected chi connectivity index (χ4v) is 2.18. The van der Waals surface area contributed by atoms with Crippen molar-refractivity contribution in [2.75, 3.05) is 0 Å². The number of nitrogens with zero attached hydrogens (tertiary/aromatic N) is 2. The molecule has 0 bridgehead atoms. The van der Waals surface area contributed by atoms with Gasteiger partial charge in [-0.3, -0.25) is 4.68 Å². The Bertz CT molecular complexity index is 700. The maximum atomic E-state index is 13.9. The smallest absolute Gasteiger partial charge is 0.315 e. The molecule has 130 valence electrons. The van der Waals surface area contributed by atoms with E-state index in [1.807, 2.05) is 34.0 Å². The first kappa shape index (κ1) is 17.8. The van der Waals surface area contributed by atoms with Crippen LogP contribution in [0, 0.1) is 5.82 Å². The van der Waals surface area contributed by atoms with Crippen molar-refractivity contribution >= 4 is 6.03 Å². The first-order valence-corrected chi connectivity index (χ1v) is 7.83. The van der Waals surface area contributed by atoms with Crippen LogP contribution in [0.4, 0.5) is 9.18 Å². The molecule has 24 heavy (non-hydrogen) atoms. The summed E-state index contributed by atoms with van der Waals surface area (Å²) in [5.41, 5.74) is 1.57. The second-order valence-electron chi connectivity index (χ2n) is 5.93. The predicted molar refractivity (Wildman–Crippen MR) is 89.2 cm³/mol. The molecule has 0 fully saturated rings. The molecule has 6 nitrogen and oxygen atoms in total. The predicted octanol–water partition coefficient (Wildman–Crippen LogP) is 2.91. The lowest BCUT2D eigenvalue weighted by molar-refractivity contribution is 0.231. The normalized spacial score (nSPS) is 12.1. The Labute approximate surface area is 141 Å². The van der Waals surface area contributed by atoms with Crippen LogP contribution in [0.1, 0.15) is 37.9 Å². The topological polar surface area (TPSA) is 68.2 Å². The molecule has 1 aromatic carbocycles. The van der Waals surface area contributed by atoms with Crippen molar-refractivity contribution in [2.45, 2.75) is 39.5 Å². The fourth-order valence-electron chi connectivity index (χ4n) is 2.18. The molecule has 0 aliphatic carbocycles. The maximum Gasteiger partial charge on any atom is 0.315 e. The fraction of sp³-hybridized carbons (Fsp3) is 0.412. The lowest BCUT2D eigenvalue weighted by Crippen LogP contribution is -2.36. The zero-order valence-corrected chi connectivity index (χ0v) is 14.3. The third-order valence-corrected chi connectivity index (χ3v) is 3.38. The van der Waals surface area contributed by atoms with E-state index in [0.717, 1.165) is 5.56 Å². The Balaban J connectivity index is 1.86. The molecule has 0 aliphatic rings. The standard InChI is InChI=1S/C17H23FN4O2/c1-11(2)24-16-6-5-13(7-15(16)18)8-19-17(23)21-12(3)14-9-20-22(4)10-14/h5-7,9-12H,8H2,1-4H3,(H2,19,21,23). The van der Waals surface area contributed by atoms with E-state index in [-0.39, 0.29) is 30.5 Å². The first-order chi connectivity index (χ1) is 11.3. The second kappa shape index (κ2) is 7.81. The molecule has 1 atom stereocenters. The van der Waals surface area contributed by atoms with Gasteiger partial charge in [0.1, 0.15) is 0 Å². The molecule has 0 saturated heterocycles. The van der Waals surface area contributed by atoms with Gasteiger partial charge in [0.15, 0.2) is 11.6 Å². The SMILES string of the molecule is CC(C)Oc1ccc(CNC(=O)NC(C)c2cnn(C)c2)cc1F. The highest BCUT2D eigenvalue weighted by atomic mass is 19.1. The number of carbonyl (C=O) groups is 1. The number of carbonyl (C=O) groups excluding carboxylic acids is 1. The molecule has 2 aromatic rings. The van der Waals surface area contributed by atoms with Gasteiger partial charge in [0.25, 0.3) is 0 Å². The summed E-state index contributed by atoms with van der Waals surface area (Å²) in [5, 5.41) is 9.59. The Hall–Kier alpha value is -2.57. The van der Waals surface area contributed by atoms with Gasteiger partial charge in [-0.25, -0.2) is 9.18 Å². The lowest BCUT2D eigenvalue weighted by atomic mass is 10.2. The van der Waals surface area contributed by atoms with Crippen LogP contribution in [0.2, 0.25) is 0 Å².